The summed E-state index contributed by atoms with van der Waals surface area (Å²) >= 11 is 0. The molecular weight excluding hydrogens is 309 g/mol. The van der Waals surface area contributed by atoms with E-state index in [1.165, 1.54) is 19.2 Å². The largest absolute Gasteiger partial charge is 0.493 e. The number of carbonyl (C=O) groups excluding carboxylic acids is 1. The van der Waals surface area contributed by atoms with Crippen molar-refractivity contribution in [1.82, 2.24) is 0 Å². The van der Waals surface area contributed by atoms with E-state index in [2.05, 4.69) is 0 Å². The normalized spacial score (nSPS) is 11.2. The fourth-order valence-electron chi connectivity index (χ4n) is 2.11. The molecular formula is C17H15F3O3. The summed E-state index contributed by atoms with van der Waals surface area (Å²) in [7, 11) is 1.30. The van der Waals surface area contributed by atoms with Crippen LogP contribution in [0.15, 0.2) is 42.5 Å². The Kier molecular flexibility index (Phi) is 4.93. The van der Waals surface area contributed by atoms with Gasteiger partial charge in [0.2, 0.25) is 0 Å². The predicted octanol–water partition coefficient (Wildman–Crippen LogP) is 4.33. The van der Waals surface area contributed by atoms with Crippen LogP contribution in [0, 0.1) is 6.92 Å². The molecule has 0 spiro atoms. The van der Waals surface area contributed by atoms with Crippen LogP contribution in [0.3, 0.4) is 0 Å². The molecule has 2 aromatic carbocycles. The van der Waals surface area contributed by atoms with Crippen LogP contribution in [-0.2, 0) is 6.61 Å². The smallest absolute Gasteiger partial charge is 0.455 e. The van der Waals surface area contributed by atoms with Gasteiger partial charge in [0.15, 0.2) is 11.5 Å². The molecule has 2 aromatic rings. The van der Waals surface area contributed by atoms with Gasteiger partial charge in [0, 0.05) is 0 Å². The first kappa shape index (κ1) is 16.9. The van der Waals surface area contributed by atoms with Crippen LogP contribution in [0.1, 0.15) is 21.5 Å². The summed E-state index contributed by atoms with van der Waals surface area (Å²) in [5.74, 6) is -2.10. The van der Waals surface area contributed by atoms with Gasteiger partial charge in [0.25, 0.3) is 5.78 Å². The van der Waals surface area contributed by atoms with E-state index in [9.17, 15) is 18.0 Å². The van der Waals surface area contributed by atoms with E-state index >= 15 is 0 Å². The van der Waals surface area contributed by atoms with Crippen LogP contribution in [0.2, 0.25) is 0 Å². The summed E-state index contributed by atoms with van der Waals surface area (Å²) in [4.78, 5) is 11.6. The van der Waals surface area contributed by atoms with Gasteiger partial charge in [0.05, 0.1) is 12.7 Å². The zero-order chi connectivity index (χ0) is 17.0. The van der Waals surface area contributed by atoms with E-state index in [1.807, 2.05) is 25.1 Å². The lowest BCUT2D eigenvalue weighted by Gasteiger charge is -2.15. The molecule has 0 N–H and O–H groups in total. The molecule has 0 amide bonds. The zero-order valence-corrected chi connectivity index (χ0v) is 12.6. The lowest BCUT2D eigenvalue weighted by atomic mass is 10.1. The number of alkyl halides is 3. The minimum absolute atomic E-state index is 0.0280. The molecule has 6 heteroatoms. The van der Waals surface area contributed by atoms with Gasteiger partial charge in [-0.05, 0) is 24.6 Å². The maximum absolute atomic E-state index is 12.7. The third-order valence-electron chi connectivity index (χ3n) is 3.17. The predicted molar refractivity (Wildman–Crippen MR) is 78.9 cm³/mol. The number of halogens is 3. The number of hydrogen-bond donors (Lipinski definition) is 0. The first-order chi connectivity index (χ1) is 10.8. The number of methoxy groups -OCH3 is 1. The summed E-state index contributed by atoms with van der Waals surface area (Å²) in [5.41, 5.74) is 1.21. The van der Waals surface area contributed by atoms with Crippen molar-refractivity contribution in [1.29, 1.82) is 0 Å². The molecule has 0 atom stereocenters. The van der Waals surface area contributed by atoms with Crippen molar-refractivity contribution < 1.29 is 27.4 Å². The first-order valence-corrected chi connectivity index (χ1v) is 6.80. The summed E-state index contributed by atoms with van der Waals surface area (Å²) in [6, 6.07) is 11.2. The average molecular weight is 324 g/mol. The molecule has 23 heavy (non-hydrogen) atoms. The molecule has 0 saturated carbocycles. The molecule has 0 radical (unpaired) electrons. The van der Waals surface area contributed by atoms with Crippen LogP contribution in [-0.4, -0.2) is 19.1 Å². The Hall–Kier alpha value is -2.50. The van der Waals surface area contributed by atoms with E-state index in [0.29, 0.717) is 0 Å². The second kappa shape index (κ2) is 6.73. The van der Waals surface area contributed by atoms with Crippen LogP contribution in [0.5, 0.6) is 11.5 Å². The molecule has 0 aromatic heterocycles. The molecule has 0 saturated heterocycles. The first-order valence-electron chi connectivity index (χ1n) is 6.80. The lowest BCUT2D eigenvalue weighted by molar-refractivity contribution is -0.0887. The van der Waals surface area contributed by atoms with Crippen molar-refractivity contribution in [2.24, 2.45) is 0 Å². The molecule has 0 aliphatic rings. The molecule has 2 rings (SSSR count). The summed E-state index contributed by atoms with van der Waals surface area (Å²) in [6.07, 6.45) is -4.98. The van der Waals surface area contributed by atoms with Gasteiger partial charge >= 0.3 is 6.18 Å². The van der Waals surface area contributed by atoms with Gasteiger partial charge in [0.1, 0.15) is 6.61 Å². The number of carbonyl (C=O) groups is 1. The second-order valence-electron chi connectivity index (χ2n) is 4.94. The van der Waals surface area contributed by atoms with Gasteiger partial charge in [-0.25, -0.2) is 0 Å². The van der Waals surface area contributed by atoms with Crippen molar-refractivity contribution in [3.05, 3.63) is 59.2 Å². The highest BCUT2D eigenvalue weighted by atomic mass is 19.4. The number of rotatable bonds is 5. The van der Waals surface area contributed by atoms with E-state index in [4.69, 9.17) is 9.47 Å². The van der Waals surface area contributed by atoms with Crippen molar-refractivity contribution in [3.8, 4) is 11.5 Å². The molecule has 122 valence electrons. The molecule has 0 fully saturated rings. The third kappa shape index (κ3) is 4.03. The zero-order valence-electron chi connectivity index (χ0n) is 12.6. The number of hydrogen-bond acceptors (Lipinski definition) is 3. The standard InChI is InChI=1S/C17H15F3O3/c1-11-5-3-6-12(9-11)10-23-15-13(16(21)17(18,19)20)7-4-8-14(15)22-2/h3-9H,10H2,1-2H3. The summed E-state index contributed by atoms with van der Waals surface area (Å²) < 4.78 is 48.6. The second-order valence-corrected chi connectivity index (χ2v) is 4.94. The van der Waals surface area contributed by atoms with Crippen LogP contribution in [0.4, 0.5) is 13.2 Å². The van der Waals surface area contributed by atoms with E-state index in [0.717, 1.165) is 17.2 Å². The molecule has 0 aliphatic heterocycles. The van der Waals surface area contributed by atoms with Crippen molar-refractivity contribution in [3.63, 3.8) is 0 Å². The highest BCUT2D eigenvalue weighted by molar-refractivity contribution is 6.03. The Morgan fingerprint density at radius 3 is 2.43 bits per heavy atom. The van der Waals surface area contributed by atoms with Crippen LogP contribution >= 0.6 is 0 Å². The number of aryl methyl sites for hydroxylation is 1. The minimum Gasteiger partial charge on any atom is -0.493 e. The van der Waals surface area contributed by atoms with Crippen molar-refractivity contribution in [2.45, 2.75) is 19.7 Å². The highest BCUT2D eigenvalue weighted by Gasteiger charge is 2.41. The van der Waals surface area contributed by atoms with E-state index in [-0.39, 0.29) is 18.1 Å². The highest BCUT2D eigenvalue weighted by Crippen LogP contribution is 2.35. The van der Waals surface area contributed by atoms with Gasteiger partial charge < -0.3 is 9.47 Å². The Morgan fingerprint density at radius 1 is 1.13 bits per heavy atom. The molecule has 0 unspecified atom stereocenters. The topological polar surface area (TPSA) is 35.5 Å². The van der Waals surface area contributed by atoms with E-state index < -0.39 is 17.5 Å². The number of benzene rings is 2. The van der Waals surface area contributed by atoms with Gasteiger partial charge in [-0.3, -0.25) is 4.79 Å². The van der Waals surface area contributed by atoms with Gasteiger partial charge in [-0.1, -0.05) is 35.9 Å². The number of ether oxygens (including phenoxy) is 2. The fraction of sp³-hybridized carbons (Fsp3) is 0.235. The van der Waals surface area contributed by atoms with Crippen LogP contribution < -0.4 is 9.47 Å². The Morgan fingerprint density at radius 2 is 1.83 bits per heavy atom. The lowest BCUT2D eigenvalue weighted by Crippen LogP contribution is -2.23. The number of ketones is 1. The Labute approximate surface area is 131 Å². The Bertz CT molecular complexity index is 708. The van der Waals surface area contributed by atoms with E-state index in [1.54, 1.807) is 6.07 Å². The van der Waals surface area contributed by atoms with Gasteiger partial charge in [-0.15, -0.1) is 0 Å². The third-order valence-corrected chi connectivity index (χ3v) is 3.17. The quantitative estimate of drug-likeness (QED) is 0.768. The Balaban J connectivity index is 2.34. The van der Waals surface area contributed by atoms with Crippen LogP contribution in [0.25, 0.3) is 0 Å². The van der Waals surface area contributed by atoms with Crippen molar-refractivity contribution in [2.75, 3.05) is 7.11 Å². The van der Waals surface area contributed by atoms with Gasteiger partial charge in [-0.2, -0.15) is 13.2 Å². The number of Topliss-reactive ketones (excluding diaryl/α,β-unsaturated/α-hetero) is 1. The average Bonchev–Trinajstić information content (AvgIpc) is 2.51. The maximum atomic E-state index is 12.7. The molecule has 0 aliphatic carbocycles. The molecule has 3 nitrogen and oxygen atoms in total. The van der Waals surface area contributed by atoms with Crippen molar-refractivity contribution >= 4 is 5.78 Å². The SMILES string of the molecule is COc1cccc(C(=O)C(F)(F)F)c1OCc1cccc(C)c1. The minimum atomic E-state index is -4.98. The monoisotopic (exact) mass is 324 g/mol. The molecule has 0 heterocycles. The summed E-state index contributed by atoms with van der Waals surface area (Å²) in [6.45, 7) is 1.92. The fourth-order valence-corrected chi connectivity index (χ4v) is 2.11. The molecule has 0 bridgehead atoms. The summed E-state index contributed by atoms with van der Waals surface area (Å²) in [5, 5.41) is 0. The number of para-hydroxylation sites is 1. The maximum Gasteiger partial charge on any atom is 0.455 e.